The second-order valence-corrected chi connectivity index (χ2v) is 8.94. The summed E-state index contributed by atoms with van der Waals surface area (Å²) < 4.78 is 1.85. The lowest BCUT2D eigenvalue weighted by Gasteiger charge is -2.31. The lowest BCUT2D eigenvalue weighted by molar-refractivity contribution is -0.125. The van der Waals surface area contributed by atoms with Crippen LogP contribution in [0.1, 0.15) is 63.0 Å². The van der Waals surface area contributed by atoms with E-state index in [1.807, 2.05) is 35.0 Å². The van der Waals surface area contributed by atoms with Crippen LogP contribution in [0, 0.1) is 16.7 Å². The largest absolute Gasteiger partial charge is 0.294 e. The quantitative estimate of drug-likeness (QED) is 0.547. The zero-order valence-corrected chi connectivity index (χ0v) is 17.2. The summed E-state index contributed by atoms with van der Waals surface area (Å²) >= 11 is 0. The highest BCUT2D eigenvalue weighted by molar-refractivity contribution is 6.13. The average molecular weight is 376 g/mol. The van der Waals surface area contributed by atoms with Gasteiger partial charge in [-0.2, -0.15) is 5.10 Å². The summed E-state index contributed by atoms with van der Waals surface area (Å²) in [4.78, 5) is 26.3. The van der Waals surface area contributed by atoms with Crippen molar-refractivity contribution in [3.05, 3.63) is 59.4 Å². The predicted molar refractivity (Wildman–Crippen MR) is 110 cm³/mol. The fraction of sp³-hybridized carbons (Fsp3) is 0.458. The molecule has 2 bridgehead atoms. The van der Waals surface area contributed by atoms with Crippen molar-refractivity contribution in [1.29, 1.82) is 0 Å². The number of Topliss-reactive ketones (excluding diaryl/α,β-unsaturated/α-hetero) is 1. The lowest BCUT2D eigenvalue weighted by Crippen LogP contribution is -2.32. The molecule has 4 nitrogen and oxygen atoms in total. The second kappa shape index (κ2) is 6.54. The molecule has 2 aromatic rings. The molecule has 2 fully saturated rings. The molecule has 0 radical (unpaired) electrons. The maximum absolute atomic E-state index is 13.2. The number of hydrogen-bond acceptors (Lipinski definition) is 3. The number of benzene rings is 1. The van der Waals surface area contributed by atoms with E-state index in [1.54, 1.807) is 12.3 Å². The summed E-state index contributed by atoms with van der Waals surface area (Å²) in [6.07, 6.45) is 6.86. The Bertz CT molecular complexity index is 968. The monoisotopic (exact) mass is 376 g/mol. The number of fused-ring (bicyclic) bond motifs is 2. The fourth-order valence-corrected chi connectivity index (χ4v) is 5.16. The van der Waals surface area contributed by atoms with Crippen LogP contribution in [0.15, 0.2) is 48.2 Å². The SMILES string of the molecule is CCCc1c(C(=O)C=C2C(=O)[C@@]3(C)CC[C@@H]2C3(C)C)cnn1-c1ccccc1. The van der Waals surface area contributed by atoms with Crippen LogP contribution >= 0.6 is 0 Å². The second-order valence-electron chi connectivity index (χ2n) is 8.94. The molecule has 0 spiro atoms. The van der Waals surface area contributed by atoms with Gasteiger partial charge in [-0.25, -0.2) is 4.68 Å². The van der Waals surface area contributed by atoms with Gasteiger partial charge >= 0.3 is 0 Å². The molecule has 146 valence electrons. The van der Waals surface area contributed by atoms with Gasteiger partial charge in [-0.3, -0.25) is 9.59 Å². The molecule has 4 rings (SSSR count). The van der Waals surface area contributed by atoms with E-state index < -0.39 is 0 Å². The Morgan fingerprint density at radius 2 is 1.96 bits per heavy atom. The van der Waals surface area contributed by atoms with Gasteiger partial charge in [0.15, 0.2) is 11.6 Å². The van der Waals surface area contributed by atoms with Crippen LogP contribution in [-0.4, -0.2) is 21.3 Å². The molecular weight excluding hydrogens is 348 g/mol. The Morgan fingerprint density at radius 3 is 2.57 bits per heavy atom. The molecule has 1 aromatic carbocycles. The van der Waals surface area contributed by atoms with Crippen LogP contribution < -0.4 is 0 Å². The topological polar surface area (TPSA) is 52.0 Å². The zero-order valence-electron chi connectivity index (χ0n) is 17.2. The summed E-state index contributed by atoms with van der Waals surface area (Å²) in [5.74, 6) is 0.239. The van der Waals surface area contributed by atoms with Gasteiger partial charge in [0.1, 0.15) is 0 Å². The molecular formula is C24H28N2O2. The third-order valence-corrected chi connectivity index (χ3v) is 7.27. The summed E-state index contributed by atoms with van der Waals surface area (Å²) in [5.41, 5.74) is 2.76. The molecule has 0 amide bonds. The standard InChI is InChI=1S/C24H28N2O2/c1-5-9-20-18(15-25-26(20)16-10-7-6-8-11-16)21(27)14-17-19-12-13-24(4,22(17)28)23(19,2)3/h6-8,10-11,14-15,19H,5,9,12-13H2,1-4H3/t19-,24+/m0/s1. The minimum Gasteiger partial charge on any atom is -0.294 e. The maximum Gasteiger partial charge on any atom is 0.189 e. The van der Waals surface area contributed by atoms with Gasteiger partial charge in [-0.1, -0.05) is 52.3 Å². The van der Waals surface area contributed by atoms with Gasteiger partial charge in [0, 0.05) is 11.0 Å². The number of ketones is 2. The molecule has 1 aromatic heterocycles. The highest BCUT2D eigenvalue weighted by atomic mass is 16.1. The predicted octanol–water partition coefficient (Wildman–Crippen LogP) is 4.96. The number of carbonyl (C=O) groups excluding carboxylic acids is 2. The molecule has 0 unspecified atom stereocenters. The molecule has 1 heterocycles. The number of rotatable bonds is 5. The first-order valence-corrected chi connectivity index (χ1v) is 10.2. The molecule has 2 aliphatic rings. The smallest absolute Gasteiger partial charge is 0.189 e. The highest BCUT2D eigenvalue weighted by Crippen LogP contribution is 2.65. The van der Waals surface area contributed by atoms with Gasteiger partial charge in [-0.05, 0) is 48.8 Å². The van der Waals surface area contributed by atoms with Crippen molar-refractivity contribution >= 4 is 11.6 Å². The first-order valence-electron chi connectivity index (χ1n) is 10.2. The van der Waals surface area contributed by atoms with Crippen LogP contribution in [0.4, 0.5) is 0 Å². The number of nitrogens with zero attached hydrogens (tertiary/aromatic N) is 2. The van der Waals surface area contributed by atoms with Crippen LogP contribution in [0.3, 0.4) is 0 Å². The first-order chi connectivity index (χ1) is 13.3. The summed E-state index contributed by atoms with van der Waals surface area (Å²) in [7, 11) is 0. The zero-order chi connectivity index (χ0) is 20.1. The van der Waals surface area contributed by atoms with E-state index in [0.717, 1.165) is 42.6 Å². The van der Waals surface area contributed by atoms with E-state index in [4.69, 9.17) is 0 Å². The van der Waals surface area contributed by atoms with E-state index in [1.165, 1.54) is 0 Å². The number of allylic oxidation sites excluding steroid dienone is 2. The van der Waals surface area contributed by atoms with Crippen LogP contribution in [0.25, 0.3) is 5.69 Å². The molecule has 4 heteroatoms. The van der Waals surface area contributed by atoms with E-state index in [0.29, 0.717) is 5.56 Å². The number of aromatic nitrogens is 2. The minimum absolute atomic E-state index is 0.0866. The summed E-state index contributed by atoms with van der Waals surface area (Å²) in [5, 5.41) is 4.49. The Kier molecular flexibility index (Phi) is 4.40. The Labute approximate surface area is 166 Å². The van der Waals surface area contributed by atoms with E-state index in [-0.39, 0.29) is 28.3 Å². The maximum atomic E-state index is 13.2. The average Bonchev–Trinajstić information content (AvgIpc) is 3.23. The molecule has 2 atom stereocenters. The fourth-order valence-electron chi connectivity index (χ4n) is 5.16. The number of carbonyl (C=O) groups is 2. The van der Waals surface area contributed by atoms with Gasteiger partial charge in [-0.15, -0.1) is 0 Å². The van der Waals surface area contributed by atoms with Gasteiger partial charge in [0.05, 0.1) is 23.1 Å². The van der Waals surface area contributed by atoms with Crippen molar-refractivity contribution in [2.75, 3.05) is 0 Å². The molecule has 0 saturated heterocycles. The van der Waals surface area contributed by atoms with Crippen molar-refractivity contribution in [2.45, 2.75) is 53.4 Å². The lowest BCUT2D eigenvalue weighted by atomic mass is 9.70. The van der Waals surface area contributed by atoms with Crippen molar-refractivity contribution in [1.82, 2.24) is 9.78 Å². The molecule has 0 aliphatic heterocycles. The van der Waals surface area contributed by atoms with E-state index >= 15 is 0 Å². The normalized spacial score (nSPS) is 26.9. The number of para-hydroxylation sites is 1. The van der Waals surface area contributed by atoms with Crippen LogP contribution in [0.5, 0.6) is 0 Å². The van der Waals surface area contributed by atoms with Gasteiger partial charge in [0.2, 0.25) is 0 Å². The first kappa shape index (κ1) is 18.9. The van der Waals surface area contributed by atoms with Crippen molar-refractivity contribution in [3.8, 4) is 5.69 Å². The summed E-state index contributed by atoms with van der Waals surface area (Å²) in [6, 6.07) is 9.87. The molecule has 28 heavy (non-hydrogen) atoms. The summed E-state index contributed by atoms with van der Waals surface area (Å²) in [6.45, 7) is 8.50. The van der Waals surface area contributed by atoms with Gasteiger partial charge in [0.25, 0.3) is 0 Å². The van der Waals surface area contributed by atoms with Crippen LogP contribution in [0.2, 0.25) is 0 Å². The number of hydrogen-bond donors (Lipinski definition) is 0. The third kappa shape index (κ3) is 2.54. The highest BCUT2D eigenvalue weighted by Gasteiger charge is 2.64. The van der Waals surface area contributed by atoms with Gasteiger partial charge < -0.3 is 0 Å². The molecule has 2 saturated carbocycles. The Balaban J connectivity index is 1.73. The van der Waals surface area contributed by atoms with E-state index in [2.05, 4.69) is 32.8 Å². The third-order valence-electron chi connectivity index (χ3n) is 7.27. The molecule has 2 aliphatic carbocycles. The molecule has 0 N–H and O–H groups in total. The Morgan fingerprint density at radius 1 is 1.25 bits per heavy atom. The van der Waals surface area contributed by atoms with E-state index in [9.17, 15) is 9.59 Å². The van der Waals surface area contributed by atoms with Crippen molar-refractivity contribution < 1.29 is 9.59 Å². The minimum atomic E-state index is -0.343. The van der Waals surface area contributed by atoms with Crippen molar-refractivity contribution in [3.63, 3.8) is 0 Å². The Hall–Kier alpha value is -2.49. The van der Waals surface area contributed by atoms with Crippen molar-refractivity contribution in [2.24, 2.45) is 16.7 Å². The van der Waals surface area contributed by atoms with Crippen LogP contribution in [-0.2, 0) is 11.2 Å².